The minimum Gasteiger partial charge on any atom is -0.493 e. The summed E-state index contributed by atoms with van der Waals surface area (Å²) in [6.07, 6.45) is 3.07. The molecule has 0 fully saturated rings. The predicted octanol–water partition coefficient (Wildman–Crippen LogP) is 5.12. The Morgan fingerprint density at radius 1 is 1.00 bits per heavy atom. The second-order valence-electron chi connectivity index (χ2n) is 7.90. The van der Waals surface area contributed by atoms with Crippen molar-refractivity contribution < 1.29 is 28.5 Å². The first kappa shape index (κ1) is 28.3. The number of hydrazone groups is 1. The maximum Gasteiger partial charge on any atom is 0.271 e. The molecule has 0 heterocycles. The normalized spacial score (nSPS) is 10.5. The second kappa shape index (κ2) is 13.8. The van der Waals surface area contributed by atoms with Crippen LogP contribution >= 0.6 is 15.9 Å². The van der Waals surface area contributed by atoms with Gasteiger partial charge in [0.1, 0.15) is 6.61 Å². The van der Waals surface area contributed by atoms with Crippen LogP contribution in [0.3, 0.4) is 0 Å². The molecule has 0 aliphatic carbocycles. The highest BCUT2D eigenvalue weighted by molar-refractivity contribution is 9.10. The first-order valence-corrected chi connectivity index (χ1v) is 12.3. The van der Waals surface area contributed by atoms with Crippen LogP contribution in [0.4, 0.5) is 5.69 Å². The monoisotopic (exact) mass is 581 g/mol. The number of rotatable bonds is 12. The summed E-state index contributed by atoms with van der Waals surface area (Å²) < 4.78 is 22.5. The number of hydrogen-bond donors (Lipinski definition) is 2. The van der Waals surface area contributed by atoms with E-state index in [1.165, 1.54) is 20.4 Å². The van der Waals surface area contributed by atoms with Crippen molar-refractivity contribution in [2.75, 3.05) is 32.8 Å². The van der Waals surface area contributed by atoms with Crippen LogP contribution in [0.1, 0.15) is 21.5 Å². The fraction of sp³-hybridized carbons (Fsp3) is 0.179. The second-order valence-corrected chi connectivity index (χ2v) is 8.76. The van der Waals surface area contributed by atoms with E-state index < -0.39 is 5.91 Å². The van der Waals surface area contributed by atoms with E-state index in [4.69, 9.17) is 18.9 Å². The molecular weight excluding hydrogens is 554 g/mol. The van der Waals surface area contributed by atoms with E-state index in [2.05, 4.69) is 38.4 Å². The van der Waals surface area contributed by atoms with E-state index >= 15 is 0 Å². The topological polar surface area (TPSA) is 107 Å². The Labute approximate surface area is 229 Å². The Kier molecular flexibility index (Phi) is 10.3. The number of anilines is 1. The standard InChI is InChI=1S/C28H28BrN3O6/c1-5-11-37-23-10-9-20(15-24(23)35-3)28(34)32-30-16-19-13-22(29)27(25(14-19)36-4)38-17-26(33)31-21-8-6-7-18(2)12-21/h5-10,12-16H,1,11,17H2,2-4H3,(H,31,33)(H,32,34)/b30-16+. The van der Waals surface area contributed by atoms with Crippen LogP contribution in [0.5, 0.6) is 23.0 Å². The van der Waals surface area contributed by atoms with E-state index in [1.807, 2.05) is 25.1 Å². The molecule has 2 N–H and O–H groups in total. The zero-order valence-electron chi connectivity index (χ0n) is 21.2. The van der Waals surface area contributed by atoms with Gasteiger partial charge in [0.15, 0.2) is 29.6 Å². The zero-order valence-corrected chi connectivity index (χ0v) is 22.8. The fourth-order valence-corrected chi connectivity index (χ4v) is 3.89. The van der Waals surface area contributed by atoms with Crippen molar-refractivity contribution in [3.8, 4) is 23.0 Å². The lowest BCUT2D eigenvalue weighted by Crippen LogP contribution is -2.20. The minimum absolute atomic E-state index is 0.215. The van der Waals surface area contributed by atoms with E-state index in [-0.39, 0.29) is 12.5 Å². The van der Waals surface area contributed by atoms with Gasteiger partial charge in [-0.25, -0.2) is 5.43 Å². The number of nitrogens with zero attached hydrogens (tertiary/aromatic N) is 1. The highest BCUT2D eigenvalue weighted by Gasteiger charge is 2.14. The smallest absolute Gasteiger partial charge is 0.271 e. The van der Waals surface area contributed by atoms with Gasteiger partial charge in [0.25, 0.3) is 11.8 Å². The number of carbonyl (C=O) groups is 2. The number of benzene rings is 3. The maximum atomic E-state index is 12.5. The Morgan fingerprint density at radius 3 is 2.50 bits per heavy atom. The van der Waals surface area contributed by atoms with Crippen LogP contribution in [0.25, 0.3) is 0 Å². The highest BCUT2D eigenvalue weighted by Crippen LogP contribution is 2.36. The number of methoxy groups -OCH3 is 2. The molecule has 10 heteroatoms. The predicted molar refractivity (Wildman–Crippen MR) is 150 cm³/mol. The van der Waals surface area contributed by atoms with Crippen LogP contribution in [-0.2, 0) is 4.79 Å². The van der Waals surface area contributed by atoms with Gasteiger partial charge in [-0.15, -0.1) is 0 Å². The van der Waals surface area contributed by atoms with E-state index in [0.29, 0.717) is 50.9 Å². The summed E-state index contributed by atoms with van der Waals surface area (Å²) in [5.74, 6) is 0.921. The third-order valence-electron chi connectivity index (χ3n) is 5.06. The van der Waals surface area contributed by atoms with Gasteiger partial charge in [-0.3, -0.25) is 9.59 Å². The molecule has 0 aliphatic rings. The number of hydrogen-bond acceptors (Lipinski definition) is 7. The molecule has 0 aromatic heterocycles. The van der Waals surface area contributed by atoms with Crippen LogP contribution < -0.4 is 29.7 Å². The van der Waals surface area contributed by atoms with Crippen molar-refractivity contribution in [3.63, 3.8) is 0 Å². The van der Waals surface area contributed by atoms with Gasteiger partial charge in [0.05, 0.1) is 24.9 Å². The van der Waals surface area contributed by atoms with Gasteiger partial charge in [-0.2, -0.15) is 5.10 Å². The molecule has 0 bridgehead atoms. The molecule has 0 saturated heterocycles. The van der Waals surface area contributed by atoms with Gasteiger partial charge in [0.2, 0.25) is 0 Å². The summed E-state index contributed by atoms with van der Waals surface area (Å²) in [4.78, 5) is 24.9. The van der Waals surface area contributed by atoms with Crippen molar-refractivity contribution in [2.24, 2.45) is 5.10 Å². The molecule has 0 saturated carbocycles. The molecule has 2 amide bonds. The Morgan fingerprint density at radius 2 is 1.79 bits per heavy atom. The minimum atomic E-state index is -0.430. The van der Waals surface area contributed by atoms with Gasteiger partial charge in [0, 0.05) is 11.3 Å². The summed E-state index contributed by atoms with van der Waals surface area (Å²) in [6.45, 7) is 5.65. The molecule has 0 spiro atoms. The molecule has 0 atom stereocenters. The SMILES string of the molecule is C=CCOc1ccc(C(=O)N/N=C/c2cc(Br)c(OCC(=O)Nc3cccc(C)c3)c(OC)c2)cc1OC. The molecule has 38 heavy (non-hydrogen) atoms. The van der Waals surface area contributed by atoms with Gasteiger partial charge < -0.3 is 24.3 Å². The Balaban J connectivity index is 1.63. The van der Waals surface area contributed by atoms with Crippen LogP contribution in [0.15, 0.2) is 76.8 Å². The highest BCUT2D eigenvalue weighted by atomic mass is 79.9. The molecule has 3 aromatic rings. The van der Waals surface area contributed by atoms with Gasteiger partial charge >= 0.3 is 0 Å². The average Bonchev–Trinajstić information content (AvgIpc) is 2.90. The van der Waals surface area contributed by atoms with Crippen LogP contribution in [0.2, 0.25) is 0 Å². The molecule has 9 nitrogen and oxygen atoms in total. The number of carbonyl (C=O) groups excluding carboxylic acids is 2. The fourth-order valence-electron chi connectivity index (χ4n) is 3.32. The molecule has 0 unspecified atom stereocenters. The summed E-state index contributed by atoms with van der Waals surface area (Å²) >= 11 is 3.45. The number of aryl methyl sites for hydroxylation is 1. The van der Waals surface area contributed by atoms with E-state index in [9.17, 15) is 9.59 Å². The van der Waals surface area contributed by atoms with Crippen molar-refractivity contribution in [2.45, 2.75) is 6.92 Å². The average molecular weight is 582 g/mol. The van der Waals surface area contributed by atoms with Crippen LogP contribution in [0, 0.1) is 6.92 Å². The van der Waals surface area contributed by atoms with Gasteiger partial charge in [-0.05, 0) is 76.4 Å². The maximum absolute atomic E-state index is 12.5. The Hall–Kier alpha value is -4.31. The van der Waals surface area contributed by atoms with Gasteiger partial charge in [-0.1, -0.05) is 24.8 Å². The Bertz CT molecular complexity index is 1340. The molecule has 0 radical (unpaired) electrons. The molecule has 3 aromatic carbocycles. The lowest BCUT2D eigenvalue weighted by Gasteiger charge is -2.13. The molecular formula is C28H28BrN3O6. The first-order chi connectivity index (χ1) is 18.3. The zero-order chi connectivity index (χ0) is 27.5. The molecule has 0 aliphatic heterocycles. The van der Waals surface area contributed by atoms with E-state index in [0.717, 1.165) is 5.56 Å². The van der Waals surface area contributed by atoms with Crippen molar-refractivity contribution >= 4 is 39.6 Å². The number of halogens is 1. The lowest BCUT2D eigenvalue weighted by atomic mass is 10.2. The summed E-state index contributed by atoms with van der Waals surface area (Å²) in [5, 5.41) is 6.82. The quantitative estimate of drug-likeness (QED) is 0.174. The summed E-state index contributed by atoms with van der Waals surface area (Å²) in [7, 11) is 2.98. The largest absolute Gasteiger partial charge is 0.493 e. The number of amides is 2. The third-order valence-corrected chi connectivity index (χ3v) is 5.65. The van der Waals surface area contributed by atoms with E-state index in [1.54, 1.807) is 42.5 Å². The molecule has 3 rings (SSSR count). The van der Waals surface area contributed by atoms with Crippen LogP contribution in [-0.4, -0.2) is 45.5 Å². The summed E-state index contributed by atoms with van der Waals surface area (Å²) in [5.41, 5.74) is 5.17. The van der Waals surface area contributed by atoms with Crippen molar-refractivity contribution in [1.29, 1.82) is 0 Å². The third kappa shape index (κ3) is 7.84. The first-order valence-electron chi connectivity index (χ1n) is 11.5. The van der Waals surface area contributed by atoms with Crippen molar-refractivity contribution in [1.82, 2.24) is 5.43 Å². The number of nitrogens with one attached hydrogen (secondary N) is 2. The van der Waals surface area contributed by atoms with Crippen molar-refractivity contribution in [3.05, 3.63) is 88.4 Å². The number of ether oxygens (including phenoxy) is 4. The summed E-state index contributed by atoms with van der Waals surface area (Å²) in [6, 6.07) is 15.7. The molecule has 198 valence electrons. The lowest BCUT2D eigenvalue weighted by molar-refractivity contribution is -0.118.